The zero-order valence-corrected chi connectivity index (χ0v) is 24.5. The highest BCUT2D eigenvalue weighted by Gasteiger charge is 2.61. The molecule has 3 aromatic carbocycles. The molecule has 0 amide bonds. The number of hydrogen-bond acceptors (Lipinski definition) is 11. The second-order valence-corrected chi connectivity index (χ2v) is 11.5. The molecule has 0 aliphatic heterocycles. The van der Waals surface area contributed by atoms with Crippen molar-refractivity contribution in [2.45, 2.75) is 24.9 Å². The van der Waals surface area contributed by atoms with Gasteiger partial charge in [-0.25, -0.2) is 0 Å². The molecule has 3 aliphatic rings. The number of oxime groups is 1. The van der Waals surface area contributed by atoms with E-state index in [1.165, 1.54) is 12.3 Å². The van der Waals surface area contributed by atoms with E-state index in [1.807, 2.05) is 0 Å². The van der Waals surface area contributed by atoms with Gasteiger partial charge in [0.05, 0.1) is 46.7 Å². The van der Waals surface area contributed by atoms with Crippen LogP contribution in [0.15, 0.2) is 58.2 Å². The first kappa shape index (κ1) is 29.0. The smallest absolute Gasteiger partial charge is 0.260 e. The van der Waals surface area contributed by atoms with Crippen LogP contribution in [0.1, 0.15) is 70.2 Å². The Balaban J connectivity index is 1.30. The molecule has 1 spiro atoms. The molecule has 1 heterocycles. The number of rotatable bonds is 5. The molecule has 4 N–H and O–H groups in total. The quantitative estimate of drug-likeness (QED) is 0.107. The lowest BCUT2D eigenvalue weighted by Gasteiger charge is -2.22. The van der Waals surface area contributed by atoms with Crippen molar-refractivity contribution in [2.75, 3.05) is 7.11 Å². The van der Waals surface area contributed by atoms with Gasteiger partial charge in [-0.2, -0.15) is 0 Å². The lowest BCUT2D eigenvalue weighted by atomic mass is 9.76. The third-order valence-electron chi connectivity index (χ3n) is 8.67. The Labute approximate surface area is 263 Å². The number of H-pyrrole nitrogens is 1. The lowest BCUT2D eigenvalue weighted by Crippen LogP contribution is -2.36. The van der Waals surface area contributed by atoms with Gasteiger partial charge in [-0.1, -0.05) is 35.0 Å². The summed E-state index contributed by atoms with van der Waals surface area (Å²) in [6.45, 7) is 0.146. The fourth-order valence-corrected chi connectivity index (χ4v) is 6.74. The molecule has 0 bridgehead atoms. The number of ether oxygens (including phenoxy) is 1. The molecule has 0 unspecified atom stereocenters. The van der Waals surface area contributed by atoms with Gasteiger partial charge in [-0.15, -0.1) is 0 Å². The maximum absolute atomic E-state index is 14.1. The minimum absolute atomic E-state index is 0.110. The molecule has 7 rings (SSSR count). The molecule has 0 radical (unpaired) electrons. The average Bonchev–Trinajstić information content (AvgIpc) is 3.52. The number of Topliss-reactive ketones (excluding diaryl/α,β-unsaturated/α-hetero) is 3. The Morgan fingerprint density at radius 2 is 1.61 bits per heavy atom. The van der Waals surface area contributed by atoms with Crippen molar-refractivity contribution < 1.29 is 44.1 Å². The van der Waals surface area contributed by atoms with Crippen LogP contribution >= 0.6 is 11.6 Å². The number of phenols is 3. The van der Waals surface area contributed by atoms with Crippen LogP contribution in [0.4, 0.5) is 0 Å². The van der Waals surface area contributed by atoms with Gasteiger partial charge in [0.15, 0.2) is 23.1 Å². The summed E-state index contributed by atoms with van der Waals surface area (Å²) in [6.07, 6.45) is 2.03. The zero-order chi connectivity index (χ0) is 32.7. The van der Waals surface area contributed by atoms with E-state index in [0.717, 1.165) is 18.7 Å². The third kappa shape index (κ3) is 3.86. The van der Waals surface area contributed by atoms with Crippen molar-refractivity contribution in [3.05, 3.63) is 108 Å². The van der Waals surface area contributed by atoms with E-state index in [0.29, 0.717) is 16.0 Å². The van der Waals surface area contributed by atoms with E-state index >= 15 is 0 Å². The lowest BCUT2D eigenvalue weighted by molar-refractivity contribution is 0.0790. The number of fused-ring (bicyclic) bond motifs is 5. The van der Waals surface area contributed by atoms with E-state index in [1.54, 1.807) is 30.3 Å². The Bertz CT molecular complexity index is 2230. The van der Waals surface area contributed by atoms with Crippen LogP contribution in [-0.2, 0) is 28.0 Å². The Morgan fingerprint density at radius 3 is 2.28 bits per heavy atom. The standard InChI is InChI=1S/C33H21ClN2O10/c1-45-19-10-18(37)21-22(26(19)38)28(40)24-23(27(21)39)30(42)33(31(24)43)7-6-14-8-15-9-17(36-32(44)20(15)29(41)25(14)33)11-35-46-12-13-2-4-16(34)5-3-13/h2-5,8-11,39-41H,6-7,12H2,1H3,(H,36,44)/b35-11+/t33-/m0/s1. The molecule has 230 valence electrons. The number of benzene rings is 3. The second-order valence-electron chi connectivity index (χ2n) is 11.1. The zero-order valence-electron chi connectivity index (χ0n) is 23.8. The molecular formula is C33H21ClN2O10. The van der Waals surface area contributed by atoms with E-state index < -0.39 is 79.4 Å². The fraction of sp³-hybridized carbons (Fsp3) is 0.152. The maximum atomic E-state index is 14.1. The predicted molar refractivity (Wildman–Crippen MR) is 162 cm³/mol. The van der Waals surface area contributed by atoms with E-state index in [9.17, 15) is 39.3 Å². The van der Waals surface area contributed by atoms with Crippen LogP contribution in [0.5, 0.6) is 17.2 Å². The van der Waals surface area contributed by atoms with Crippen LogP contribution in [-0.4, -0.2) is 56.8 Å². The van der Waals surface area contributed by atoms with Gasteiger partial charge in [0, 0.05) is 16.7 Å². The normalized spacial score (nSPS) is 18.3. The van der Waals surface area contributed by atoms with E-state index in [-0.39, 0.29) is 36.1 Å². The highest BCUT2D eigenvalue weighted by molar-refractivity contribution is 6.39. The molecule has 1 aromatic heterocycles. The van der Waals surface area contributed by atoms with Crippen molar-refractivity contribution in [2.24, 2.45) is 5.16 Å². The number of aryl methyl sites for hydroxylation is 1. The van der Waals surface area contributed by atoms with Crippen molar-refractivity contribution >= 4 is 51.7 Å². The number of aromatic hydroxyl groups is 3. The van der Waals surface area contributed by atoms with Crippen molar-refractivity contribution in [3.63, 3.8) is 0 Å². The van der Waals surface area contributed by atoms with Gasteiger partial charge in [0.2, 0.25) is 5.78 Å². The first-order valence-electron chi connectivity index (χ1n) is 13.9. The molecule has 1 atom stereocenters. The molecular weight excluding hydrogens is 620 g/mol. The summed E-state index contributed by atoms with van der Waals surface area (Å²) >= 11 is 5.88. The second kappa shape index (κ2) is 10.1. The fourth-order valence-electron chi connectivity index (χ4n) is 6.61. The summed E-state index contributed by atoms with van der Waals surface area (Å²) in [7, 11) is 1.13. The number of methoxy groups -OCH3 is 1. The molecule has 46 heavy (non-hydrogen) atoms. The summed E-state index contributed by atoms with van der Waals surface area (Å²) in [5.41, 5.74) is -4.15. The monoisotopic (exact) mass is 640 g/mol. The van der Waals surface area contributed by atoms with Crippen LogP contribution in [0, 0.1) is 0 Å². The van der Waals surface area contributed by atoms with E-state index in [2.05, 4.69) is 10.1 Å². The molecule has 4 aromatic rings. The number of nitrogens with zero attached hydrogens (tertiary/aromatic N) is 1. The van der Waals surface area contributed by atoms with Crippen LogP contribution in [0.3, 0.4) is 0 Å². The number of ketones is 4. The number of allylic oxidation sites excluding steroid dienone is 2. The first-order valence-corrected chi connectivity index (χ1v) is 14.3. The topological polar surface area (TPSA) is 193 Å². The molecule has 12 nitrogen and oxygen atoms in total. The summed E-state index contributed by atoms with van der Waals surface area (Å²) in [5.74, 6) is -6.77. The van der Waals surface area contributed by atoms with Gasteiger partial charge in [0.1, 0.15) is 29.3 Å². The average molecular weight is 641 g/mol. The number of aromatic amines is 1. The number of pyridine rings is 1. The Hall–Kier alpha value is -5.75. The number of halogens is 1. The van der Waals surface area contributed by atoms with Crippen molar-refractivity contribution in [1.29, 1.82) is 0 Å². The van der Waals surface area contributed by atoms with Crippen molar-refractivity contribution in [1.82, 2.24) is 4.98 Å². The predicted octanol–water partition coefficient (Wildman–Crippen LogP) is 4.02. The molecule has 0 fully saturated rings. The van der Waals surface area contributed by atoms with Gasteiger partial charge in [-0.3, -0.25) is 24.0 Å². The Kier molecular flexibility index (Phi) is 6.39. The number of carbonyl (C=O) groups excluding carboxylic acids is 4. The number of nitrogens with one attached hydrogen (secondary N) is 1. The van der Waals surface area contributed by atoms with Crippen LogP contribution in [0.25, 0.3) is 10.8 Å². The third-order valence-corrected chi connectivity index (χ3v) is 8.92. The van der Waals surface area contributed by atoms with Gasteiger partial charge in [-0.05, 0) is 47.6 Å². The number of phenolic OH excluding ortho intramolecular Hbond substituents is 3. The minimum atomic E-state index is -2.12. The number of aromatic nitrogens is 1. The van der Waals surface area contributed by atoms with Crippen molar-refractivity contribution in [3.8, 4) is 17.2 Å². The Morgan fingerprint density at radius 1 is 0.935 bits per heavy atom. The molecule has 3 aliphatic carbocycles. The molecule has 0 saturated carbocycles. The first-order chi connectivity index (χ1) is 22.0. The van der Waals surface area contributed by atoms with Crippen LogP contribution in [0.2, 0.25) is 5.02 Å². The summed E-state index contributed by atoms with van der Waals surface area (Å²) in [4.78, 5) is 75.1. The van der Waals surface area contributed by atoms with Crippen LogP contribution < -0.4 is 5.56 Å². The maximum Gasteiger partial charge on any atom is 0.260 e. The van der Waals surface area contributed by atoms with E-state index in [4.69, 9.17) is 21.2 Å². The molecule has 0 saturated heterocycles. The summed E-state index contributed by atoms with van der Waals surface area (Å²) in [5, 5.41) is 38.3. The minimum Gasteiger partial charge on any atom is -0.507 e. The number of hydrogen-bond donors (Lipinski definition) is 4. The highest BCUT2D eigenvalue weighted by atomic mass is 35.5. The summed E-state index contributed by atoms with van der Waals surface area (Å²) < 4.78 is 4.92. The largest absolute Gasteiger partial charge is 0.507 e. The molecule has 13 heteroatoms. The SMILES string of the molecule is COC1=CC(=O)c2c(O)c3c(c(O)c2C1=O)C(=O)[C@]1(CCc2cc4cc(/C=N/OCc5ccc(Cl)cc5)[nH]c(=O)c4c(O)c21)C3=O. The summed E-state index contributed by atoms with van der Waals surface area (Å²) in [6, 6.07) is 10.1. The number of carbonyl (C=O) groups is 4. The highest BCUT2D eigenvalue weighted by Crippen LogP contribution is 2.57. The van der Waals surface area contributed by atoms with Gasteiger partial charge < -0.3 is 29.9 Å². The van der Waals surface area contributed by atoms with Gasteiger partial charge in [0.25, 0.3) is 5.56 Å². The van der Waals surface area contributed by atoms with Gasteiger partial charge >= 0.3 is 0 Å².